The number of fused-ring (bicyclic) bond motifs is 2. The van der Waals surface area contributed by atoms with E-state index in [-0.39, 0.29) is 0 Å². The summed E-state index contributed by atoms with van der Waals surface area (Å²) in [7, 11) is 0. The van der Waals surface area contributed by atoms with Crippen molar-refractivity contribution < 1.29 is 0 Å². The molecule has 0 aliphatic carbocycles. The van der Waals surface area contributed by atoms with Crippen LogP contribution in [0.5, 0.6) is 0 Å². The van der Waals surface area contributed by atoms with Gasteiger partial charge in [0.25, 0.3) is 0 Å². The Kier molecular flexibility index (Phi) is 4.66. The molecule has 4 aromatic rings. The zero-order valence-electron chi connectivity index (χ0n) is 16.9. The summed E-state index contributed by atoms with van der Waals surface area (Å²) in [6.07, 6.45) is 4.56. The first-order valence-electron chi connectivity index (χ1n) is 10.1. The van der Waals surface area contributed by atoms with E-state index in [9.17, 15) is 0 Å². The van der Waals surface area contributed by atoms with Crippen LogP contribution in [0.4, 0.5) is 17.3 Å². The van der Waals surface area contributed by atoms with Crippen molar-refractivity contribution in [2.24, 2.45) is 0 Å². The predicted octanol–water partition coefficient (Wildman–Crippen LogP) is 2.79. The highest BCUT2D eigenvalue weighted by Crippen LogP contribution is 2.26. The van der Waals surface area contributed by atoms with E-state index >= 15 is 0 Å². The lowest BCUT2D eigenvalue weighted by molar-refractivity contribution is 0.664. The number of aromatic nitrogens is 5. The third-order valence-corrected chi connectivity index (χ3v) is 5.66. The fourth-order valence-corrected chi connectivity index (χ4v) is 3.99. The second-order valence-corrected chi connectivity index (χ2v) is 7.53. The van der Waals surface area contributed by atoms with Gasteiger partial charge < -0.3 is 20.5 Å². The molecule has 0 fully saturated rings. The van der Waals surface area contributed by atoms with E-state index in [2.05, 4.69) is 48.2 Å². The molecule has 8 heteroatoms. The molecule has 3 N–H and O–H groups in total. The topological polar surface area (TPSA) is 97.8 Å². The van der Waals surface area contributed by atoms with Crippen LogP contribution in [0.25, 0.3) is 10.8 Å². The fraction of sp³-hybridized carbons (Fsp3) is 0.273. The highest BCUT2D eigenvalue weighted by atomic mass is 15.3. The molecule has 0 unspecified atom stereocenters. The first kappa shape index (κ1) is 18.4. The molecule has 0 bridgehead atoms. The molecule has 1 aromatic carbocycles. The highest BCUT2D eigenvalue weighted by molar-refractivity contribution is 5.99. The highest BCUT2D eigenvalue weighted by Gasteiger charge is 2.17. The summed E-state index contributed by atoms with van der Waals surface area (Å²) in [5.41, 5.74) is 8.16. The Morgan fingerprint density at radius 2 is 1.93 bits per heavy atom. The number of rotatable bonds is 4. The molecule has 1 aliphatic heterocycles. The second-order valence-electron chi connectivity index (χ2n) is 7.53. The van der Waals surface area contributed by atoms with E-state index in [0.29, 0.717) is 12.4 Å². The molecule has 3 aromatic heterocycles. The number of hydrogen-bond acceptors (Lipinski definition) is 7. The Labute approximate surface area is 174 Å². The van der Waals surface area contributed by atoms with Gasteiger partial charge in [-0.25, -0.2) is 9.97 Å². The van der Waals surface area contributed by atoms with Crippen molar-refractivity contribution in [2.45, 2.75) is 26.4 Å². The summed E-state index contributed by atoms with van der Waals surface area (Å²) < 4.78 is 2.20. The van der Waals surface area contributed by atoms with Gasteiger partial charge in [-0.2, -0.15) is 0 Å². The van der Waals surface area contributed by atoms with Gasteiger partial charge >= 0.3 is 0 Å². The fourth-order valence-electron chi connectivity index (χ4n) is 3.99. The normalized spacial score (nSPS) is 13.8. The minimum absolute atomic E-state index is 0.549. The Hall–Kier alpha value is -3.68. The van der Waals surface area contributed by atoms with Gasteiger partial charge in [0.2, 0.25) is 0 Å². The van der Waals surface area contributed by atoms with Crippen LogP contribution in [0.15, 0.2) is 48.8 Å². The molecular weight excluding hydrogens is 376 g/mol. The van der Waals surface area contributed by atoms with Gasteiger partial charge in [-0.1, -0.05) is 18.2 Å². The molecule has 0 spiro atoms. The Morgan fingerprint density at radius 3 is 2.80 bits per heavy atom. The first-order valence-corrected chi connectivity index (χ1v) is 10.1. The van der Waals surface area contributed by atoms with Crippen molar-refractivity contribution in [3.05, 3.63) is 66.0 Å². The summed E-state index contributed by atoms with van der Waals surface area (Å²) in [6, 6.07) is 12.3. The van der Waals surface area contributed by atoms with E-state index in [1.165, 1.54) is 0 Å². The molecular formula is C22H24N8. The van der Waals surface area contributed by atoms with Crippen molar-refractivity contribution in [3.63, 3.8) is 0 Å². The Morgan fingerprint density at radius 1 is 1.00 bits per heavy atom. The van der Waals surface area contributed by atoms with Crippen LogP contribution in [0.2, 0.25) is 0 Å². The first-order chi connectivity index (χ1) is 14.7. The number of nitrogen functional groups attached to an aromatic ring is 1. The Bertz CT molecular complexity index is 1180. The lowest BCUT2D eigenvalue weighted by atomic mass is 10.1. The number of hydrogen-bond donors (Lipinski definition) is 2. The molecule has 0 saturated heterocycles. The molecule has 0 radical (unpaired) electrons. The smallest absolute Gasteiger partial charge is 0.134 e. The van der Waals surface area contributed by atoms with Crippen LogP contribution in [-0.2, 0) is 19.5 Å². The number of pyridine rings is 2. The van der Waals surface area contributed by atoms with Crippen LogP contribution in [0.1, 0.15) is 17.2 Å². The minimum Gasteiger partial charge on any atom is -0.383 e. The summed E-state index contributed by atoms with van der Waals surface area (Å²) in [5, 5.41) is 14.0. The van der Waals surface area contributed by atoms with E-state index < -0.39 is 0 Å². The second kappa shape index (κ2) is 7.62. The molecule has 1 aliphatic rings. The summed E-state index contributed by atoms with van der Waals surface area (Å²) in [5.74, 6) is 3.58. The van der Waals surface area contributed by atoms with Gasteiger partial charge in [0, 0.05) is 61.5 Å². The van der Waals surface area contributed by atoms with Gasteiger partial charge in [0.15, 0.2) is 0 Å². The van der Waals surface area contributed by atoms with Crippen LogP contribution in [0, 0.1) is 6.92 Å². The molecule has 152 valence electrons. The third-order valence-electron chi connectivity index (χ3n) is 5.66. The van der Waals surface area contributed by atoms with Crippen LogP contribution < -0.4 is 16.0 Å². The van der Waals surface area contributed by atoms with Crippen molar-refractivity contribution in [2.75, 3.05) is 29.0 Å². The maximum absolute atomic E-state index is 6.00. The van der Waals surface area contributed by atoms with Crippen molar-refractivity contribution in [1.29, 1.82) is 0 Å². The molecule has 0 amide bonds. The Balaban J connectivity index is 1.27. The summed E-state index contributed by atoms with van der Waals surface area (Å²) in [6.45, 7) is 5.39. The monoisotopic (exact) mass is 400 g/mol. The zero-order chi connectivity index (χ0) is 20.5. The SMILES string of the molecule is Cc1nnc2n1CCN(c1ccc(CNc3cccc4c(N)nccc34)cn1)CC2. The zero-order valence-corrected chi connectivity index (χ0v) is 16.9. The average molecular weight is 400 g/mol. The van der Waals surface area contributed by atoms with Crippen molar-refractivity contribution in [1.82, 2.24) is 24.7 Å². The van der Waals surface area contributed by atoms with Crippen molar-refractivity contribution >= 4 is 28.1 Å². The quantitative estimate of drug-likeness (QED) is 0.543. The van der Waals surface area contributed by atoms with E-state index in [1.807, 2.05) is 31.3 Å². The van der Waals surface area contributed by atoms with Gasteiger partial charge in [0.05, 0.1) is 0 Å². The summed E-state index contributed by atoms with van der Waals surface area (Å²) in [4.78, 5) is 11.2. The van der Waals surface area contributed by atoms with Crippen LogP contribution >= 0.6 is 0 Å². The third kappa shape index (κ3) is 3.41. The standard InChI is InChI=1S/C22H24N8/c1-15-27-28-21-8-10-29(11-12-30(15)21)20-6-5-16(14-26-20)13-25-19-4-2-3-18-17(19)7-9-24-22(18)23/h2-7,9,14,25H,8,10-13H2,1H3,(H2,23,24). The molecule has 0 atom stereocenters. The summed E-state index contributed by atoms with van der Waals surface area (Å²) >= 11 is 0. The minimum atomic E-state index is 0.549. The number of benzene rings is 1. The predicted molar refractivity (Wildman–Crippen MR) is 118 cm³/mol. The molecule has 5 rings (SSSR count). The maximum Gasteiger partial charge on any atom is 0.134 e. The van der Waals surface area contributed by atoms with E-state index in [0.717, 1.165) is 65.5 Å². The van der Waals surface area contributed by atoms with E-state index in [1.54, 1.807) is 6.20 Å². The van der Waals surface area contributed by atoms with Crippen molar-refractivity contribution in [3.8, 4) is 0 Å². The molecule has 0 saturated carbocycles. The maximum atomic E-state index is 6.00. The number of anilines is 3. The molecule has 4 heterocycles. The van der Waals surface area contributed by atoms with E-state index in [4.69, 9.17) is 10.7 Å². The molecule has 30 heavy (non-hydrogen) atoms. The average Bonchev–Trinajstić information content (AvgIpc) is 2.99. The largest absolute Gasteiger partial charge is 0.383 e. The number of nitrogens with one attached hydrogen (secondary N) is 1. The van der Waals surface area contributed by atoms with Gasteiger partial charge in [-0.3, -0.25) is 0 Å². The van der Waals surface area contributed by atoms with Crippen LogP contribution in [0.3, 0.4) is 0 Å². The lowest BCUT2D eigenvalue weighted by Crippen LogP contribution is -2.27. The lowest BCUT2D eigenvalue weighted by Gasteiger charge is -2.21. The number of nitrogens with two attached hydrogens (primary N) is 1. The van der Waals surface area contributed by atoms with Gasteiger partial charge in [0.1, 0.15) is 23.3 Å². The number of aryl methyl sites for hydroxylation is 1. The van der Waals surface area contributed by atoms with Crippen LogP contribution in [-0.4, -0.2) is 37.8 Å². The van der Waals surface area contributed by atoms with Gasteiger partial charge in [-0.05, 0) is 30.7 Å². The molecule has 8 nitrogen and oxygen atoms in total. The van der Waals surface area contributed by atoms with Gasteiger partial charge in [-0.15, -0.1) is 10.2 Å². The number of nitrogens with zero attached hydrogens (tertiary/aromatic N) is 6.